The quantitative estimate of drug-likeness (QED) is 0.319. The van der Waals surface area contributed by atoms with E-state index in [4.69, 9.17) is 41.5 Å². The second kappa shape index (κ2) is 14.1. The van der Waals surface area contributed by atoms with E-state index in [9.17, 15) is 14.4 Å². The van der Waals surface area contributed by atoms with Crippen molar-refractivity contribution >= 4 is 47.7 Å². The van der Waals surface area contributed by atoms with Crippen LogP contribution in [0.2, 0.25) is 0 Å². The van der Waals surface area contributed by atoms with Crippen molar-refractivity contribution in [1.82, 2.24) is 20.2 Å². The van der Waals surface area contributed by atoms with E-state index in [1.807, 2.05) is 45.1 Å². The number of esters is 1. The number of ether oxygens (including phenoxy) is 4. The fourth-order valence-corrected chi connectivity index (χ4v) is 6.38. The van der Waals surface area contributed by atoms with Crippen LogP contribution in [0.25, 0.3) is 17.1 Å². The zero-order valence-electron chi connectivity index (χ0n) is 27.5. The van der Waals surface area contributed by atoms with Gasteiger partial charge in [-0.15, -0.1) is 0 Å². The third-order valence-electron chi connectivity index (χ3n) is 8.83. The predicted octanol–water partition coefficient (Wildman–Crippen LogP) is 5.21. The van der Waals surface area contributed by atoms with Gasteiger partial charge in [0.1, 0.15) is 35.7 Å². The number of aromatic nitrogens is 2. The number of hydrogen-bond acceptors (Lipinski definition) is 10. The third-order valence-corrected chi connectivity index (χ3v) is 9.09. The van der Waals surface area contributed by atoms with E-state index in [0.717, 1.165) is 25.7 Å². The van der Waals surface area contributed by atoms with Gasteiger partial charge in [0.2, 0.25) is 11.8 Å². The van der Waals surface area contributed by atoms with Gasteiger partial charge < -0.3 is 29.2 Å². The summed E-state index contributed by atoms with van der Waals surface area (Å²) in [6.07, 6.45) is 6.42. The second-order valence-electron chi connectivity index (χ2n) is 13.5. The molecule has 2 fully saturated rings. The van der Waals surface area contributed by atoms with Crippen LogP contribution in [-0.2, 0) is 19.1 Å². The predicted molar refractivity (Wildman–Crippen MR) is 177 cm³/mol. The highest BCUT2D eigenvalue weighted by molar-refractivity contribution is 7.81. The highest BCUT2D eigenvalue weighted by Crippen LogP contribution is 2.39. The standard InChI is InChI=1S/C34H46N4O7S/c1-7-22-27-17-38(28(22)32(40)43-18-19(2)3)31(39)29(34(4,5)46)37-33(41)45-26-15-20(26)11-9-8-10-12-24-30(44-27)36-25-16-21(42-6)13-14-23(25)35-24/h10,12-14,16,19-20,22,26-29,46H,7-9,11,15,17-18H2,1-6H3,(H,37,41)/b12-10+/t20-,22-,26-,27+,28+,29-/m1/s1. The summed E-state index contributed by atoms with van der Waals surface area (Å²) in [6, 6.07) is 3.46. The third kappa shape index (κ3) is 7.70. The first-order valence-corrected chi connectivity index (χ1v) is 16.7. The van der Waals surface area contributed by atoms with Crippen molar-refractivity contribution in [1.29, 1.82) is 0 Å². The number of amides is 2. The molecule has 3 aliphatic rings. The van der Waals surface area contributed by atoms with Crippen molar-refractivity contribution in [3.63, 3.8) is 0 Å². The monoisotopic (exact) mass is 654 g/mol. The van der Waals surface area contributed by atoms with Gasteiger partial charge in [0.05, 0.1) is 31.3 Å². The van der Waals surface area contributed by atoms with Crippen molar-refractivity contribution in [3.8, 4) is 11.6 Å². The molecule has 1 saturated carbocycles. The molecule has 11 nitrogen and oxygen atoms in total. The Morgan fingerprint density at radius 3 is 2.65 bits per heavy atom. The lowest BCUT2D eigenvalue weighted by atomic mass is 9.94. The topological polar surface area (TPSA) is 129 Å². The van der Waals surface area contributed by atoms with E-state index in [-0.39, 0.29) is 31.1 Å². The Balaban J connectivity index is 1.57. The zero-order chi connectivity index (χ0) is 33.2. The lowest BCUT2D eigenvalue weighted by molar-refractivity contribution is -0.156. The summed E-state index contributed by atoms with van der Waals surface area (Å²) in [5.41, 5.74) is 1.85. The van der Waals surface area contributed by atoms with Crippen LogP contribution in [0.5, 0.6) is 11.6 Å². The van der Waals surface area contributed by atoms with Gasteiger partial charge in [0.25, 0.3) is 0 Å². The number of benzene rings is 1. The second-order valence-corrected chi connectivity index (χ2v) is 14.6. The number of allylic oxidation sites excluding steroid dienone is 1. The van der Waals surface area contributed by atoms with Gasteiger partial charge in [0, 0.05) is 16.7 Å². The normalized spacial score (nSPS) is 27.8. The minimum Gasteiger partial charge on any atom is -0.497 e. The molecule has 12 heteroatoms. The molecule has 1 aromatic carbocycles. The average Bonchev–Trinajstić information content (AvgIpc) is 3.63. The van der Waals surface area contributed by atoms with E-state index >= 15 is 0 Å². The molecule has 2 aromatic rings. The lowest BCUT2D eigenvalue weighted by Gasteiger charge is -2.34. The molecule has 2 amide bonds. The Hall–Kier alpha value is -3.54. The molecular formula is C34H46N4O7S. The van der Waals surface area contributed by atoms with Crippen molar-refractivity contribution in [3.05, 3.63) is 30.0 Å². The summed E-state index contributed by atoms with van der Waals surface area (Å²) < 4.78 is 22.5. The minimum absolute atomic E-state index is 0.0710. The fourth-order valence-electron chi connectivity index (χ4n) is 6.21. The maximum Gasteiger partial charge on any atom is 0.408 e. The molecule has 2 bridgehead atoms. The van der Waals surface area contributed by atoms with Crippen LogP contribution in [0.1, 0.15) is 72.4 Å². The summed E-state index contributed by atoms with van der Waals surface area (Å²) in [5.74, 6) is -0.0753. The van der Waals surface area contributed by atoms with Crippen LogP contribution in [0.4, 0.5) is 4.79 Å². The number of hydrogen-bond donors (Lipinski definition) is 2. The molecule has 5 rings (SSSR count). The minimum atomic E-state index is -1.08. The Bertz CT molecular complexity index is 1480. The highest BCUT2D eigenvalue weighted by atomic mass is 32.1. The van der Waals surface area contributed by atoms with Gasteiger partial charge in [-0.2, -0.15) is 12.6 Å². The summed E-state index contributed by atoms with van der Waals surface area (Å²) in [7, 11) is 1.59. The number of fused-ring (bicyclic) bond motifs is 5. The molecule has 46 heavy (non-hydrogen) atoms. The van der Waals surface area contributed by atoms with Gasteiger partial charge in [-0.25, -0.2) is 19.6 Å². The Morgan fingerprint density at radius 1 is 1.17 bits per heavy atom. The molecule has 2 aliphatic heterocycles. The smallest absolute Gasteiger partial charge is 0.408 e. The van der Waals surface area contributed by atoms with Crippen LogP contribution in [-0.4, -0.2) is 82.1 Å². The molecule has 1 saturated heterocycles. The van der Waals surface area contributed by atoms with E-state index in [2.05, 4.69) is 5.32 Å². The summed E-state index contributed by atoms with van der Waals surface area (Å²) in [6.45, 7) is 9.63. The number of nitrogens with zero attached hydrogens (tertiary/aromatic N) is 3. The van der Waals surface area contributed by atoms with Crippen molar-refractivity contribution in [2.75, 3.05) is 20.3 Å². The first-order valence-electron chi connectivity index (χ1n) is 16.2. The maximum absolute atomic E-state index is 14.4. The highest BCUT2D eigenvalue weighted by Gasteiger charge is 2.52. The van der Waals surface area contributed by atoms with E-state index in [0.29, 0.717) is 34.8 Å². The largest absolute Gasteiger partial charge is 0.497 e. The number of rotatable bonds is 6. The number of thiol groups is 1. The molecule has 1 N–H and O–H groups in total. The number of nitrogens with one attached hydrogen (secondary N) is 1. The number of carbonyl (C=O) groups excluding carboxylic acids is 3. The van der Waals surface area contributed by atoms with Gasteiger partial charge in [-0.05, 0) is 76.0 Å². The van der Waals surface area contributed by atoms with Crippen LogP contribution in [0.3, 0.4) is 0 Å². The summed E-state index contributed by atoms with van der Waals surface area (Å²) in [4.78, 5) is 52.3. The van der Waals surface area contributed by atoms with E-state index < -0.39 is 46.8 Å². The summed E-state index contributed by atoms with van der Waals surface area (Å²) >= 11 is 4.69. The van der Waals surface area contributed by atoms with Gasteiger partial charge in [0.15, 0.2) is 0 Å². The lowest BCUT2D eigenvalue weighted by Crippen LogP contribution is -2.59. The SMILES string of the molecule is CC[C@@H]1[C@@H]2CN(C(=O)[C@H](C(C)(C)S)NC(=O)O[C@@H]3C[C@H]3CCC/C=C/c3nc4ccc(OC)cc4nc3O2)[C@@H]1C(=O)OCC(C)C. The number of alkyl carbamates (subject to hydrolysis) is 1. The van der Waals surface area contributed by atoms with E-state index in [1.54, 1.807) is 27.0 Å². The van der Waals surface area contributed by atoms with Crippen LogP contribution >= 0.6 is 12.6 Å². The first kappa shape index (κ1) is 33.8. The molecular weight excluding hydrogens is 608 g/mol. The van der Waals surface area contributed by atoms with Crippen LogP contribution in [0.15, 0.2) is 24.3 Å². The molecule has 0 spiro atoms. The van der Waals surface area contributed by atoms with Crippen molar-refractivity contribution in [2.45, 2.75) is 95.8 Å². The molecule has 6 atom stereocenters. The number of methoxy groups -OCH3 is 1. The fraction of sp³-hybridized carbons (Fsp3) is 0.618. The Kier molecular flexibility index (Phi) is 10.3. The molecule has 250 valence electrons. The zero-order valence-corrected chi connectivity index (χ0v) is 28.4. The average molecular weight is 655 g/mol. The summed E-state index contributed by atoms with van der Waals surface area (Å²) in [5, 5.41) is 2.77. The van der Waals surface area contributed by atoms with E-state index in [1.165, 1.54) is 4.90 Å². The molecule has 3 heterocycles. The number of carbonyl (C=O) groups is 3. The Morgan fingerprint density at radius 2 is 1.96 bits per heavy atom. The maximum atomic E-state index is 14.4. The van der Waals surface area contributed by atoms with Crippen molar-refractivity contribution in [2.24, 2.45) is 17.8 Å². The van der Waals surface area contributed by atoms with Gasteiger partial charge >= 0.3 is 12.1 Å². The molecule has 1 aliphatic carbocycles. The van der Waals surface area contributed by atoms with Crippen molar-refractivity contribution < 1.29 is 33.3 Å². The molecule has 0 radical (unpaired) electrons. The van der Waals surface area contributed by atoms with Gasteiger partial charge in [-0.1, -0.05) is 26.8 Å². The van der Waals surface area contributed by atoms with Gasteiger partial charge in [-0.3, -0.25) is 4.79 Å². The van der Waals surface area contributed by atoms with Crippen LogP contribution < -0.4 is 14.8 Å². The Labute approximate surface area is 276 Å². The molecule has 0 unspecified atom stereocenters. The van der Waals surface area contributed by atoms with Crippen LogP contribution in [0, 0.1) is 17.8 Å². The molecule has 1 aromatic heterocycles. The first-order chi connectivity index (χ1) is 21.9.